The van der Waals surface area contributed by atoms with Crippen LogP contribution in [0.3, 0.4) is 0 Å². The molecule has 0 unspecified atom stereocenters. The normalized spacial score (nSPS) is 24.2. The number of quaternary nitrogens is 1. The highest BCUT2D eigenvalue weighted by Crippen LogP contribution is 2.40. The molecular formula is C37H49ClF3N6O5S+. The van der Waals surface area contributed by atoms with Crippen LogP contribution >= 0.6 is 11.6 Å². The molecule has 0 radical (unpaired) electrons. The molecule has 3 fully saturated rings. The van der Waals surface area contributed by atoms with Crippen LogP contribution in [0.2, 0.25) is 5.02 Å². The number of fused-ring (bicyclic) bond motifs is 1. The average molecular weight is 782 g/mol. The van der Waals surface area contributed by atoms with Crippen molar-refractivity contribution in [2.24, 2.45) is 17.8 Å². The first-order valence-corrected chi connectivity index (χ1v) is 20.7. The van der Waals surface area contributed by atoms with E-state index in [1.165, 1.54) is 6.07 Å². The predicted molar refractivity (Wildman–Crippen MR) is 196 cm³/mol. The van der Waals surface area contributed by atoms with E-state index < -0.39 is 49.1 Å². The molecule has 0 saturated carbocycles. The third kappa shape index (κ3) is 8.47. The van der Waals surface area contributed by atoms with Crippen molar-refractivity contribution in [3.8, 4) is 0 Å². The second-order valence-corrected chi connectivity index (χ2v) is 17.7. The SMILES string of the molecule is CS(=O)(=O)[N+]1(C(=O)[C@H](CC(=O)N2CCC(N3CCc4ccccc4NC3=O)CC2)Cc2cc(Cl)c(N)c(C(F)(F)F)c2)CCC(C2CCNCC2)CC1. The maximum atomic E-state index is 14.7. The number of benzene rings is 2. The number of carbonyl (C=O) groups is 3. The van der Waals surface area contributed by atoms with Crippen LogP contribution in [0.1, 0.15) is 61.6 Å². The Morgan fingerprint density at radius 2 is 1.64 bits per heavy atom. The molecule has 53 heavy (non-hydrogen) atoms. The van der Waals surface area contributed by atoms with E-state index in [0.717, 1.165) is 49.5 Å². The largest absolute Gasteiger partial charge is 0.418 e. The predicted octanol–water partition coefficient (Wildman–Crippen LogP) is 5.28. The molecule has 0 aliphatic carbocycles. The minimum Gasteiger partial charge on any atom is -0.397 e. The first-order chi connectivity index (χ1) is 25.1. The number of likely N-dealkylation sites (tertiary alicyclic amines) is 2. The summed E-state index contributed by atoms with van der Waals surface area (Å²) in [7, 11) is -4.05. The number of para-hydroxylation sites is 1. The zero-order valence-electron chi connectivity index (χ0n) is 30.0. The summed E-state index contributed by atoms with van der Waals surface area (Å²) >= 11 is 6.16. The number of amides is 4. The molecule has 4 aliphatic heterocycles. The molecule has 2 aromatic carbocycles. The fourth-order valence-corrected chi connectivity index (χ4v) is 10.5. The number of rotatable bonds is 8. The monoisotopic (exact) mass is 781 g/mol. The van der Waals surface area contributed by atoms with Gasteiger partial charge in [-0.3, -0.25) is 4.79 Å². The van der Waals surface area contributed by atoms with Crippen LogP contribution < -0.4 is 16.4 Å². The second kappa shape index (κ2) is 15.8. The molecule has 4 heterocycles. The number of nitrogens with two attached hydrogens (primary N) is 1. The van der Waals surface area contributed by atoms with Crippen molar-refractivity contribution < 1.29 is 39.9 Å². The number of hydrogen-bond acceptors (Lipinski definition) is 7. The summed E-state index contributed by atoms with van der Waals surface area (Å²) in [6.45, 7) is 2.98. The minimum atomic E-state index is -4.83. The third-order valence-corrected chi connectivity index (χ3v) is 14.1. The number of sulfonamides is 1. The third-order valence-electron chi connectivity index (χ3n) is 12.0. The average Bonchev–Trinajstić information content (AvgIpc) is 3.30. The van der Waals surface area contributed by atoms with E-state index in [2.05, 4.69) is 10.6 Å². The number of nitrogens with one attached hydrogen (secondary N) is 2. The van der Waals surface area contributed by atoms with E-state index in [9.17, 15) is 36.0 Å². The first-order valence-electron chi connectivity index (χ1n) is 18.5. The lowest BCUT2D eigenvalue weighted by Gasteiger charge is -2.43. The van der Waals surface area contributed by atoms with E-state index in [1.807, 2.05) is 24.3 Å². The van der Waals surface area contributed by atoms with Gasteiger partial charge in [0.05, 0.1) is 28.4 Å². The number of urea groups is 1. The Morgan fingerprint density at radius 3 is 2.28 bits per heavy atom. The molecule has 0 spiro atoms. The molecule has 4 amide bonds. The van der Waals surface area contributed by atoms with Gasteiger partial charge in [-0.15, -0.1) is 0 Å². The van der Waals surface area contributed by atoms with Gasteiger partial charge in [-0.1, -0.05) is 29.8 Å². The van der Waals surface area contributed by atoms with Gasteiger partial charge in [-0.25, -0.2) is 9.59 Å². The van der Waals surface area contributed by atoms with Gasteiger partial charge in [-0.05, 0) is 92.8 Å². The van der Waals surface area contributed by atoms with Crippen molar-refractivity contribution >= 4 is 50.8 Å². The van der Waals surface area contributed by atoms with Crippen molar-refractivity contribution in [1.82, 2.24) is 15.1 Å². The van der Waals surface area contributed by atoms with Crippen LogP contribution in [0.5, 0.6) is 0 Å². The molecule has 4 N–H and O–H groups in total. The molecule has 0 bridgehead atoms. The maximum Gasteiger partial charge on any atom is 0.418 e. The molecule has 3 saturated heterocycles. The Labute approximate surface area is 314 Å². The zero-order valence-corrected chi connectivity index (χ0v) is 31.5. The van der Waals surface area contributed by atoms with Gasteiger partial charge in [0.2, 0.25) is 5.91 Å². The lowest BCUT2D eigenvalue weighted by atomic mass is 9.79. The van der Waals surface area contributed by atoms with E-state index in [1.54, 1.807) is 9.80 Å². The van der Waals surface area contributed by atoms with Crippen LogP contribution in [0, 0.1) is 17.8 Å². The standard InChI is InChI=1S/C37H48ClF3N6O5S/c1-53(51,52)47(18-11-26(12-19-47)25-6-13-43-14-7-25)35(49)28(20-24-21-30(37(39,40)41)34(42)31(38)22-24)23-33(48)45-15-9-29(10-16-45)46-17-8-27-4-2-3-5-32(27)44-36(46)50/h2-5,21-22,25-26,28-29,43H,6-20,23,42H2,1H3/p+1/t26?,28-,47?/m0/s1. The van der Waals surface area contributed by atoms with Crippen LogP contribution in [0.15, 0.2) is 36.4 Å². The number of anilines is 2. The number of carbonyl (C=O) groups excluding carboxylic acids is 3. The number of nitrogens with zero attached hydrogens (tertiary/aromatic N) is 3. The van der Waals surface area contributed by atoms with Crippen LogP contribution in [0.4, 0.5) is 29.3 Å². The Hall–Kier alpha value is -3.40. The van der Waals surface area contributed by atoms with Crippen LogP contribution in [-0.4, -0.2) is 98.1 Å². The number of piperidine rings is 3. The van der Waals surface area contributed by atoms with E-state index >= 15 is 0 Å². The summed E-state index contributed by atoms with van der Waals surface area (Å²) in [6.07, 6.45) is 0.134. The highest BCUT2D eigenvalue weighted by Gasteiger charge is 2.53. The summed E-state index contributed by atoms with van der Waals surface area (Å²) in [5.41, 5.74) is 5.73. The van der Waals surface area contributed by atoms with Crippen molar-refractivity contribution in [3.05, 3.63) is 58.1 Å². The van der Waals surface area contributed by atoms with Gasteiger partial charge < -0.3 is 26.2 Å². The molecular weight excluding hydrogens is 733 g/mol. The van der Waals surface area contributed by atoms with Gasteiger partial charge in [0, 0.05) is 50.6 Å². The number of hydrogen-bond donors (Lipinski definition) is 3. The van der Waals surface area contributed by atoms with Gasteiger partial charge in [0.25, 0.3) is 0 Å². The van der Waals surface area contributed by atoms with Crippen molar-refractivity contribution in [2.45, 2.75) is 70.0 Å². The van der Waals surface area contributed by atoms with Crippen molar-refractivity contribution in [1.29, 1.82) is 0 Å². The van der Waals surface area contributed by atoms with E-state index in [4.69, 9.17) is 17.3 Å². The van der Waals surface area contributed by atoms with Crippen LogP contribution in [-0.2, 0) is 38.6 Å². The summed E-state index contributed by atoms with van der Waals surface area (Å²) in [5.74, 6) is -1.67. The Bertz CT molecular complexity index is 1810. The Balaban J connectivity index is 1.21. The summed E-state index contributed by atoms with van der Waals surface area (Å²) in [4.78, 5) is 45.2. The smallest absolute Gasteiger partial charge is 0.397 e. The molecule has 11 nitrogen and oxygen atoms in total. The van der Waals surface area contributed by atoms with E-state index in [0.29, 0.717) is 57.7 Å². The molecule has 0 aromatic heterocycles. The Kier molecular flexibility index (Phi) is 11.7. The maximum absolute atomic E-state index is 14.7. The van der Waals surface area contributed by atoms with E-state index in [-0.39, 0.29) is 54.5 Å². The highest BCUT2D eigenvalue weighted by atomic mass is 35.5. The fraction of sp³-hybridized carbons (Fsp3) is 0.595. The minimum absolute atomic E-state index is 0.0331. The van der Waals surface area contributed by atoms with Gasteiger partial charge in [0.1, 0.15) is 13.1 Å². The highest BCUT2D eigenvalue weighted by molar-refractivity contribution is 7.85. The lowest BCUT2D eigenvalue weighted by molar-refractivity contribution is -0.738. The summed E-state index contributed by atoms with van der Waals surface area (Å²) in [5, 5.41) is 5.98. The second-order valence-electron chi connectivity index (χ2n) is 15.1. The number of alkyl halides is 3. The van der Waals surface area contributed by atoms with Gasteiger partial charge >= 0.3 is 28.1 Å². The number of nitrogen functional groups attached to an aromatic ring is 1. The Morgan fingerprint density at radius 1 is 1.00 bits per heavy atom. The van der Waals surface area contributed by atoms with Crippen LogP contribution in [0.25, 0.3) is 0 Å². The molecule has 6 rings (SSSR count). The topological polar surface area (TPSA) is 142 Å². The molecule has 290 valence electrons. The van der Waals surface area contributed by atoms with Gasteiger partial charge in [-0.2, -0.15) is 25.5 Å². The molecule has 2 aromatic rings. The first kappa shape index (κ1) is 39.3. The molecule has 4 aliphatic rings. The molecule has 1 atom stereocenters. The molecule has 16 heteroatoms. The number of halogens is 4. The fourth-order valence-electron chi connectivity index (χ4n) is 8.90. The lowest BCUT2D eigenvalue weighted by Crippen LogP contribution is -2.62. The van der Waals surface area contributed by atoms with Crippen molar-refractivity contribution in [2.75, 3.05) is 63.1 Å². The zero-order chi connectivity index (χ0) is 38.1. The summed E-state index contributed by atoms with van der Waals surface area (Å²) < 4.78 is 68.2. The van der Waals surface area contributed by atoms with Crippen molar-refractivity contribution in [3.63, 3.8) is 0 Å². The van der Waals surface area contributed by atoms with Gasteiger partial charge in [0.15, 0.2) is 0 Å². The summed E-state index contributed by atoms with van der Waals surface area (Å²) in [6, 6.07) is 9.39. The quantitative estimate of drug-likeness (QED) is 0.245.